The summed E-state index contributed by atoms with van der Waals surface area (Å²) in [6, 6.07) is 5.37. The largest absolute Gasteiger partial charge is 0.496 e. The van der Waals surface area contributed by atoms with E-state index < -0.39 is 6.04 Å². The van der Waals surface area contributed by atoms with E-state index in [-0.39, 0.29) is 29.8 Å². The summed E-state index contributed by atoms with van der Waals surface area (Å²) in [5, 5.41) is 6.44. The molecule has 2 aliphatic heterocycles. The van der Waals surface area contributed by atoms with E-state index in [0.717, 1.165) is 23.3 Å². The Morgan fingerprint density at radius 3 is 2.79 bits per heavy atom. The molecule has 28 heavy (non-hydrogen) atoms. The van der Waals surface area contributed by atoms with Gasteiger partial charge in [0.05, 0.1) is 13.7 Å². The van der Waals surface area contributed by atoms with Crippen molar-refractivity contribution in [3.05, 3.63) is 29.3 Å². The van der Waals surface area contributed by atoms with Gasteiger partial charge < -0.3 is 25.0 Å². The summed E-state index contributed by atoms with van der Waals surface area (Å²) in [6.45, 7) is 5.77. The van der Waals surface area contributed by atoms with Gasteiger partial charge in [-0.05, 0) is 30.0 Å². The lowest BCUT2D eigenvalue weighted by molar-refractivity contribution is -0.148. The normalized spacial score (nSPS) is 25.4. The SMILES string of the molecule is CC[C@H](C)[C@@H]1NC(=O)[C@@H]2C[C@H](NCc3ccc(OC)c(COC)c3)CN2C1=O. The van der Waals surface area contributed by atoms with E-state index >= 15 is 0 Å². The first kappa shape index (κ1) is 20.6. The molecule has 2 saturated heterocycles. The number of nitrogens with zero attached hydrogens (tertiary/aromatic N) is 1. The maximum atomic E-state index is 12.8. The molecule has 0 aliphatic carbocycles. The Bertz CT molecular complexity index is 724. The molecule has 2 fully saturated rings. The van der Waals surface area contributed by atoms with Gasteiger partial charge in [-0.15, -0.1) is 0 Å². The van der Waals surface area contributed by atoms with Gasteiger partial charge in [0.15, 0.2) is 0 Å². The van der Waals surface area contributed by atoms with Crippen molar-refractivity contribution in [3.63, 3.8) is 0 Å². The van der Waals surface area contributed by atoms with Crippen LogP contribution < -0.4 is 15.4 Å². The summed E-state index contributed by atoms with van der Waals surface area (Å²) < 4.78 is 10.6. The monoisotopic (exact) mass is 389 g/mol. The lowest BCUT2D eigenvalue weighted by Crippen LogP contribution is -2.62. The highest BCUT2D eigenvalue weighted by Gasteiger charge is 2.47. The van der Waals surface area contributed by atoms with Crippen molar-refractivity contribution < 1.29 is 19.1 Å². The average molecular weight is 389 g/mol. The molecular weight excluding hydrogens is 358 g/mol. The fourth-order valence-electron chi connectivity index (χ4n) is 4.06. The van der Waals surface area contributed by atoms with E-state index in [1.807, 2.05) is 26.0 Å². The summed E-state index contributed by atoms with van der Waals surface area (Å²) >= 11 is 0. The third kappa shape index (κ3) is 4.15. The van der Waals surface area contributed by atoms with Crippen LogP contribution in [0.25, 0.3) is 0 Å². The Morgan fingerprint density at radius 2 is 2.11 bits per heavy atom. The molecule has 2 heterocycles. The molecule has 0 unspecified atom stereocenters. The van der Waals surface area contributed by atoms with Crippen molar-refractivity contribution in [1.29, 1.82) is 0 Å². The van der Waals surface area contributed by atoms with Gasteiger partial charge in [-0.2, -0.15) is 0 Å². The molecule has 7 heteroatoms. The van der Waals surface area contributed by atoms with E-state index in [2.05, 4.69) is 16.7 Å². The number of hydrogen-bond donors (Lipinski definition) is 2. The second kappa shape index (κ2) is 8.92. The predicted molar refractivity (Wildman–Crippen MR) is 106 cm³/mol. The van der Waals surface area contributed by atoms with Gasteiger partial charge in [0, 0.05) is 31.8 Å². The maximum absolute atomic E-state index is 12.8. The number of ether oxygens (including phenoxy) is 2. The number of nitrogens with one attached hydrogen (secondary N) is 2. The summed E-state index contributed by atoms with van der Waals surface area (Å²) in [7, 11) is 3.31. The number of amides is 2. The van der Waals surface area contributed by atoms with Crippen LogP contribution in [0.1, 0.15) is 37.8 Å². The summed E-state index contributed by atoms with van der Waals surface area (Å²) in [5.41, 5.74) is 2.12. The smallest absolute Gasteiger partial charge is 0.246 e. The van der Waals surface area contributed by atoms with Crippen LogP contribution in [0.4, 0.5) is 0 Å². The fourth-order valence-corrected chi connectivity index (χ4v) is 4.06. The van der Waals surface area contributed by atoms with E-state index in [4.69, 9.17) is 9.47 Å². The third-order valence-corrected chi connectivity index (χ3v) is 5.90. The average Bonchev–Trinajstić information content (AvgIpc) is 3.14. The van der Waals surface area contributed by atoms with E-state index in [1.54, 1.807) is 19.1 Å². The molecule has 3 rings (SSSR count). The number of carbonyl (C=O) groups excluding carboxylic acids is 2. The highest BCUT2D eigenvalue weighted by Crippen LogP contribution is 2.26. The lowest BCUT2D eigenvalue weighted by Gasteiger charge is -2.36. The molecule has 1 aromatic rings. The summed E-state index contributed by atoms with van der Waals surface area (Å²) in [6.07, 6.45) is 1.50. The van der Waals surface area contributed by atoms with Gasteiger partial charge in [0.1, 0.15) is 17.8 Å². The number of methoxy groups -OCH3 is 2. The molecule has 0 aromatic heterocycles. The van der Waals surface area contributed by atoms with Gasteiger partial charge in [0.25, 0.3) is 0 Å². The molecule has 2 N–H and O–H groups in total. The van der Waals surface area contributed by atoms with Crippen LogP contribution in [0, 0.1) is 5.92 Å². The highest BCUT2D eigenvalue weighted by molar-refractivity contribution is 5.97. The third-order valence-electron chi connectivity index (χ3n) is 5.90. The van der Waals surface area contributed by atoms with Gasteiger partial charge in [-0.3, -0.25) is 9.59 Å². The number of fused-ring (bicyclic) bond motifs is 1. The summed E-state index contributed by atoms with van der Waals surface area (Å²) in [4.78, 5) is 27.1. The molecule has 1 aromatic carbocycles. The molecule has 4 atom stereocenters. The zero-order valence-corrected chi connectivity index (χ0v) is 17.2. The number of piperazine rings is 1. The zero-order chi connectivity index (χ0) is 20.3. The van der Waals surface area contributed by atoms with E-state index in [0.29, 0.717) is 26.1 Å². The Morgan fingerprint density at radius 1 is 1.32 bits per heavy atom. The van der Waals surface area contributed by atoms with Crippen molar-refractivity contribution in [2.45, 2.75) is 58.0 Å². The minimum absolute atomic E-state index is 0.0268. The van der Waals surface area contributed by atoms with E-state index in [1.165, 1.54) is 0 Å². The molecule has 0 radical (unpaired) electrons. The van der Waals surface area contributed by atoms with Gasteiger partial charge in [-0.1, -0.05) is 26.3 Å². The first-order chi connectivity index (χ1) is 13.5. The van der Waals surface area contributed by atoms with Crippen LogP contribution in [-0.2, 0) is 27.5 Å². The molecule has 2 amide bonds. The number of benzene rings is 1. The highest BCUT2D eigenvalue weighted by atomic mass is 16.5. The predicted octanol–water partition coefficient (Wildman–Crippen LogP) is 1.45. The van der Waals surface area contributed by atoms with Crippen LogP contribution in [0.5, 0.6) is 5.75 Å². The molecule has 0 spiro atoms. The second-order valence-electron chi connectivity index (χ2n) is 7.77. The van der Waals surface area contributed by atoms with Gasteiger partial charge in [-0.25, -0.2) is 0 Å². The molecule has 7 nitrogen and oxygen atoms in total. The Kier molecular flexibility index (Phi) is 6.57. The van der Waals surface area contributed by atoms with Crippen LogP contribution in [0.2, 0.25) is 0 Å². The van der Waals surface area contributed by atoms with Crippen LogP contribution in [-0.4, -0.2) is 55.6 Å². The maximum Gasteiger partial charge on any atom is 0.246 e. The lowest BCUT2D eigenvalue weighted by atomic mass is 9.95. The summed E-state index contributed by atoms with van der Waals surface area (Å²) in [5.74, 6) is 0.973. The first-order valence-electron chi connectivity index (χ1n) is 9.97. The van der Waals surface area contributed by atoms with Gasteiger partial charge in [0.2, 0.25) is 11.8 Å². The quantitative estimate of drug-likeness (QED) is 0.703. The van der Waals surface area contributed by atoms with Crippen molar-refractivity contribution >= 4 is 11.8 Å². The van der Waals surface area contributed by atoms with Crippen molar-refractivity contribution in [2.24, 2.45) is 5.92 Å². The van der Waals surface area contributed by atoms with Crippen molar-refractivity contribution in [2.75, 3.05) is 20.8 Å². The molecule has 0 saturated carbocycles. The topological polar surface area (TPSA) is 79.9 Å². The van der Waals surface area contributed by atoms with Crippen molar-refractivity contribution in [1.82, 2.24) is 15.5 Å². The Hall–Kier alpha value is -2.12. The van der Waals surface area contributed by atoms with Crippen LogP contribution in [0.3, 0.4) is 0 Å². The van der Waals surface area contributed by atoms with Crippen LogP contribution in [0.15, 0.2) is 18.2 Å². The molecular formula is C21H31N3O4. The number of hydrogen-bond acceptors (Lipinski definition) is 5. The second-order valence-corrected chi connectivity index (χ2v) is 7.77. The number of carbonyl (C=O) groups is 2. The van der Waals surface area contributed by atoms with Crippen molar-refractivity contribution in [3.8, 4) is 5.75 Å². The number of rotatable bonds is 8. The van der Waals surface area contributed by atoms with Gasteiger partial charge >= 0.3 is 0 Å². The van der Waals surface area contributed by atoms with E-state index in [9.17, 15) is 9.59 Å². The molecule has 0 bridgehead atoms. The molecule has 154 valence electrons. The minimum Gasteiger partial charge on any atom is -0.496 e. The zero-order valence-electron chi connectivity index (χ0n) is 17.2. The molecule has 2 aliphatic rings. The standard InChI is InChI=1S/C21H31N3O4/c1-5-13(2)19-21(26)24-11-16(9-17(24)20(25)23-19)22-10-14-6-7-18(28-4)15(8-14)12-27-3/h6-8,13,16-17,19,22H,5,9-12H2,1-4H3,(H,23,25)/t13-,16-,17-,19-/m0/s1. The van der Waals surface area contributed by atoms with Crippen LogP contribution >= 0.6 is 0 Å². The fraction of sp³-hybridized carbons (Fsp3) is 0.619. The first-order valence-corrected chi connectivity index (χ1v) is 9.97. The minimum atomic E-state index is -0.398. The Balaban J connectivity index is 1.62. The Labute approximate surface area is 166 Å².